The van der Waals surface area contributed by atoms with Gasteiger partial charge in [0.05, 0.1) is 25.6 Å². The minimum Gasteiger partial charge on any atom is -0.379 e. The number of fused-ring (bicyclic) bond motifs is 1. The molecule has 3 aromatic rings. The van der Waals surface area contributed by atoms with E-state index in [9.17, 15) is 17.6 Å². The molecule has 2 aromatic heterocycles. The van der Waals surface area contributed by atoms with Crippen molar-refractivity contribution in [2.24, 2.45) is 0 Å². The normalized spacial score (nSPS) is 16.8. The molecule has 0 radical (unpaired) electrons. The first kappa shape index (κ1) is 19.5. The first-order valence-corrected chi connectivity index (χ1v) is 9.01. The number of nitrogens with one attached hydrogen (secondary N) is 2. The molecule has 0 spiro atoms. The lowest BCUT2D eigenvalue weighted by molar-refractivity contribution is -0.144. The number of benzene rings is 1. The third kappa shape index (κ3) is 4.30. The Morgan fingerprint density at radius 3 is 2.72 bits per heavy atom. The summed E-state index contributed by atoms with van der Waals surface area (Å²) in [5, 5.41) is 2.97. The molecule has 4 rings (SSSR count). The predicted octanol–water partition coefficient (Wildman–Crippen LogP) is 3.00. The van der Waals surface area contributed by atoms with Gasteiger partial charge in [0.25, 0.3) is 0 Å². The van der Waals surface area contributed by atoms with Crippen LogP contribution in [0.25, 0.3) is 11.2 Å². The lowest BCUT2D eigenvalue weighted by Gasteiger charge is -2.35. The molecule has 1 aromatic carbocycles. The van der Waals surface area contributed by atoms with Crippen LogP contribution in [0.5, 0.6) is 0 Å². The number of aromatic nitrogens is 4. The van der Waals surface area contributed by atoms with Crippen molar-refractivity contribution >= 4 is 17.0 Å². The first-order chi connectivity index (χ1) is 13.9. The smallest absolute Gasteiger partial charge is 0.379 e. The van der Waals surface area contributed by atoms with Crippen LogP contribution in [0, 0.1) is 5.82 Å². The standard InChI is InChI=1S/C18H18F4N6O/c19-12-3-1-2-11(8-12)13(28-4-6-29-7-5-28)9-23-15-14-16(25-10-24-14)27-17(26-15)18(20,21)22/h1-3,8,10,13H,4-7,9H2,(H2,23,24,25,26,27). The van der Waals surface area contributed by atoms with Crippen LogP contribution < -0.4 is 5.32 Å². The topological polar surface area (TPSA) is 79.0 Å². The number of aromatic amines is 1. The summed E-state index contributed by atoms with van der Waals surface area (Å²) in [5.74, 6) is -1.65. The molecule has 1 aliphatic rings. The largest absolute Gasteiger partial charge is 0.451 e. The maximum absolute atomic E-state index is 13.8. The fourth-order valence-electron chi connectivity index (χ4n) is 3.34. The highest BCUT2D eigenvalue weighted by Gasteiger charge is 2.36. The van der Waals surface area contributed by atoms with Gasteiger partial charge in [-0.15, -0.1) is 0 Å². The zero-order valence-corrected chi connectivity index (χ0v) is 15.2. The Labute approximate surface area is 163 Å². The lowest BCUT2D eigenvalue weighted by atomic mass is 10.0. The van der Waals surface area contributed by atoms with E-state index in [0.717, 1.165) is 0 Å². The second kappa shape index (κ2) is 7.91. The quantitative estimate of drug-likeness (QED) is 0.630. The van der Waals surface area contributed by atoms with Gasteiger partial charge in [0.15, 0.2) is 11.5 Å². The van der Waals surface area contributed by atoms with E-state index in [1.165, 1.54) is 18.5 Å². The predicted molar refractivity (Wildman–Crippen MR) is 96.7 cm³/mol. The van der Waals surface area contributed by atoms with Crippen LogP contribution >= 0.6 is 0 Å². The average molecular weight is 410 g/mol. The Morgan fingerprint density at radius 1 is 1.21 bits per heavy atom. The molecule has 1 aliphatic heterocycles. The van der Waals surface area contributed by atoms with E-state index in [4.69, 9.17) is 4.74 Å². The number of morpholine rings is 1. The van der Waals surface area contributed by atoms with Crippen molar-refractivity contribution in [1.29, 1.82) is 0 Å². The molecule has 0 amide bonds. The zero-order chi connectivity index (χ0) is 20.4. The van der Waals surface area contributed by atoms with Gasteiger partial charge in [-0.05, 0) is 17.7 Å². The van der Waals surface area contributed by atoms with Crippen molar-refractivity contribution in [3.05, 3.63) is 47.8 Å². The first-order valence-electron chi connectivity index (χ1n) is 9.01. The zero-order valence-electron chi connectivity index (χ0n) is 15.2. The number of rotatable bonds is 5. The third-order valence-electron chi connectivity index (χ3n) is 4.72. The van der Waals surface area contributed by atoms with Gasteiger partial charge < -0.3 is 15.0 Å². The molecule has 0 aliphatic carbocycles. The number of anilines is 1. The van der Waals surface area contributed by atoms with Gasteiger partial charge >= 0.3 is 6.18 Å². The van der Waals surface area contributed by atoms with E-state index in [2.05, 4.69) is 30.2 Å². The fourth-order valence-corrected chi connectivity index (χ4v) is 3.34. The molecule has 1 saturated heterocycles. The van der Waals surface area contributed by atoms with Gasteiger partial charge in [-0.2, -0.15) is 13.2 Å². The number of nitrogens with zero attached hydrogens (tertiary/aromatic N) is 4. The van der Waals surface area contributed by atoms with Crippen molar-refractivity contribution in [3.63, 3.8) is 0 Å². The Bertz CT molecular complexity index is 986. The van der Waals surface area contributed by atoms with E-state index in [1.807, 2.05) is 0 Å². The van der Waals surface area contributed by atoms with Gasteiger partial charge in [-0.1, -0.05) is 12.1 Å². The molecular formula is C18H18F4N6O. The Morgan fingerprint density at radius 2 is 2.00 bits per heavy atom. The Hall–Kier alpha value is -2.79. The van der Waals surface area contributed by atoms with E-state index >= 15 is 0 Å². The maximum Gasteiger partial charge on any atom is 0.451 e. The van der Waals surface area contributed by atoms with E-state index in [-0.39, 0.29) is 35.4 Å². The number of ether oxygens (including phenoxy) is 1. The minimum atomic E-state index is -4.70. The summed E-state index contributed by atoms with van der Waals surface area (Å²) in [6.07, 6.45) is -3.44. The van der Waals surface area contributed by atoms with Crippen LogP contribution in [-0.2, 0) is 10.9 Å². The van der Waals surface area contributed by atoms with Crippen LogP contribution in [0.1, 0.15) is 17.4 Å². The monoisotopic (exact) mass is 410 g/mol. The van der Waals surface area contributed by atoms with E-state index < -0.39 is 12.0 Å². The van der Waals surface area contributed by atoms with Crippen LogP contribution in [0.2, 0.25) is 0 Å². The molecule has 2 N–H and O–H groups in total. The highest BCUT2D eigenvalue weighted by Crippen LogP contribution is 2.30. The summed E-state index contributed by atoms with van der Waals surface area (Å²) in [4.78, 5) is 15.8. The van der Waals surface area contributed by atoms with E-state index in [1.54, 1.807) is 12.1 Å². The summed E-state index contributed by atoms with van der Waals surface area (Å²) in [7, 11) is 0. The van der Waals surface area contributed by atoms with Gasteiger partial charge in [-0.3, -0.25) is 4.90 Å². The molecule has 154 valence electrons. The highest BCUT2D eigenvalue weighted by atomic mass is 19.4. The van der Waals surface area contributed by atoms with Crippen molar-refractivity contribution in [2.75, 3.05) is 38.2 Å². The highest BCUT2D eigenvalue weighted by molar-refractivity contribution is 5.82. The average Bonchev–Trinajstić information content (AvgIpc) is 3.17. The Kier molecular flexibility index (Phi) is 5.33. The van der Waals surface area contributed by atoms with Crippen molar-refractivity contribution in [3.8, 4) is 0 Å². The van der Waals surface area contributed by atoms with Gasteiger partial charge in [0.1, 0.15) is 11.3 Å². The van der Waals surface area contributed by atoms with Crippen LogP contribution in [0.3, 0.4) is 0 Å². The van der Waals surface area contributed by atoms with Gasteiger partial charge in [0, 0.05) is 19.6 Å². The van der Waals surface area contributed by atoms with Crippen LogP contribution in [-0.4, -0.2) is 57.7 Å². The summed E-state index contributed by atoms with van der Waals surface area (Å²) < 4.78 is 58.6. The minimum absolute atomic E-state index is 0.00510. The molecule has 1 fully saturated rings. The molecular weight excluding hydrogens is 392 g/mol. The number of alkyl halides is 3. The number of imidazole rings is 1. The number of halogens is 4. The molecule has 0 bridgehead atoms. The second-order valence-electron chi connectivity index (χ2n) is 6.59. The molecule has 3 heterocycles. The van der Waals surface area contributed by atoms with Crippen LogP contribution in [0.4, 0.5) is 23.4 Å². The van der Waals surface area contributed by atoms with E-state index in [0.29, 0.717) is 31.9 Å². The Balaban J connectivity index is 1.64. The van der Waals surface area contributed by atoms with Crippen molar-refractivity contribution in [2.45, 2.75) is 12.2 Å². The summed E-state index contributed by atoms with van der Waals surface area (Å²) in [6, 6.07) is 5.89. The SMILES string of the molecule is Fc1cccc(C(CNc2nc(C(F)(F)F)nc3nc[nH]c23)N2CCOCC2)c1. The number of hydrogen-bond acceptors (Lipinski definition) is 6. The van der Waals surface area contributed by atoms with Gasteiger partial charge in [0.2, 0.25) is 5.82 Å². The van der Waals surface area contributed by atoms with Crippen molar-refractivity contribution < 1.29 is 22.3 Å². The maximum atomic E-state index is 13.8. The van der Waals surface area contributed by atoms with Gasteiger partial charge in [-0.25, -0.2) is 19.3 Å². The molecule has 1 atom stereocenters. The summed E-state index contributed by atoms with van der Waals surface area (Å²) in [5.41, 5.74) is 0.909. The third-order valence-corrected chi connectivity index (χ3v) is 4.72. The second-order valence-corrected chi connectivity index (χ2v) is 6.59. The molecule has 29 heavy (non-hydrogen) atoms. The molecule has 0 saturated carbocycles. The summed E-state index contributed by atoms with van der Waals surface area (Å²) >= 11 is 0. The molecule has 1 unspecified atom stereocenters. The van der Waals surface area contributed by atoms with Crippen LogP contribution in [0.15, 0.2) is 30.6 Å². The molecule has 7 nitrogen and oxygen atoms in total. The fraction of sp³-hybridized carbons (Fsp3) is 0.389. The molecule has 11 heteroatoms. The number of hydrogen-bond donors (Lipinski definition) is 2. The lowest BCUT2D eigenvalue weighted by Crippen LogP contribution is -2.41. The van der Waals surface area contributed by atoms with Crippen molar-refractivity contribution in [1.82, 2.24) is 24.8 Å². The summed E-state index contributed by atoms with van der Waals surface area (Å²) in [6.45, 7) is 2.52. The number of H-pyrrole nitrogens is 1.